The van der Waals surface area contributed by atoms with Gasteiger partial charge in [-0.2, -0.15) is 0 Å². The first kappa shape index (κ1) is 17.6. The molecule has 1 aromatic carbocycles. The van der Waals surface area contributed by atoms with Crippen molar-refractivity contribution >= 4 is 29.0 Å². The highest BCUT2D eigenvalue weighted by Gasteiger charge is 2.11. The van der Waals surface area contributed by atoms with Crippen LogP contribution in [0.1, 0.15) is 10.5 Å². The number of ether oxygens (including phenoxy) is 1. The Labute approximate surface area is 151 Å². The molecule has 1 aliphatic rings. The number of amides is 1. The molecule has 0 atom stereocenters. The van der Waals surface area contributed by atoms with Gasteiger partial charge in [-0.3, -0.25) is 9.69 Å². The molecule has 0 unspecified atom stereocenters. The second-order valence-corrected chi connectivity index (χ2v) is 6.07. The summed E-state index contributed by atoms with van der Waals surface area (Å²) < 4.78 is 5.33. The number of morpholine rings is 1. The number of rotatable bonds is 6. The van der Waals surface area contributed by atoms with Crippen LogP contribution in [-0.2, 0) is 4.74 Å². The number of hydrogen-bond acceptors (Lipinski definition) is 6. The van der Waals surface area contributed by atoms with Crippen LogP contribution in [0.25, 0.3) is 0 Å². The number of anilines is 2. The van der Waals surface area contributed by atoms with Gasteiger partial charge in [-0.05, 0) is 24.3 Å². The van der Waals surface area contributed by atoms with Crippen molar-refractivity contribution in [1.29, 1.82) is 0 Å². The maximum atomic E-state index is 12.3. The van der Waals surface area contributed by atoms with Gasteiger partial charge in [0.25, 0.3) is 5.91 Å². The Morgan fingerprint density at radius 2 is 1.96 bits per heavy atom. The van der Waals surface area contributed by atoms with Gasteiger partial charge in [0, 0.05) is 43.0 Å². The normalized spacial score (nSPS) is 14.9. The van der Waals surface area contributed by atoms with Crippen molar-refractivity contribution < 1.29 is 9.53 Å². The summed E-state index contributed by atoms with van der Waals surface area (Å²) >= 11 is 5.84. The van der Waals surface area contributed by atoms with Crippen LogP contribution in [0.15, 0.2) is 36.7 Å². The van der Waals surface area contributed by atoms with Gasteiger partial charge in [-0.1, -0.05) is 11.6 Å². The van der Waals surface area contributed by atoms with Gasteiger partial charge < -0.3 is 15.4 Å². The third kappa shape index (κ3) is 5.38. The fraction of sp³-hybridized carbons (Fsp3) is 0.353. The minimum absolute atomic E-state index is 0.291. The standard InChI is InChI=1S/C17H20ClN5O2/c18-13-1-3-14(4-2-13)22-17(24)15-11-16(21-12-20-15)19-5-6-23-7-9-25-10-8-23/h1-4,11-12H,5-10H2,(H,22,24)(H,19,20,21). The molecule has 0 aliphatic carbocycles. The number of nitrogens with one attached hydrogen (secondary N) is 2. The molecule has 1 aromatic heterocycles. The Hall–Kier alpha value is -2.22. The van der Waals surface area contributed by atoms with Gasteiger partial charge in [0.2, 0.25) is 0 Å². The molecule has 0 radical (unpaired) electrons. The number of halogens is 1. The number of benzene rings is 1. The van der Waals surface area contributed by atoms with Gasteiger partial charge in [0.1, 0.15) is 17.8 Å². The molecule has 132 valence electrons. The summed E-state index contributed by atoms with van der Waals surface area (Å²) in [5.74, 6) is 0.338. The molecule has 2 heterocycles. The van der Waals surface area contributed by atoms with Crippen molar-refractivity contribution in [3.8, 4) is 0 Å². The first-order chi connectivity index (χ1) is 12.2. The van der Waals surface area contributed by atoms with E-state index in [-0.39, 0.29) is 5.91 Å². The molecule has 25 heavy (non-hydrogen) atoms. The van der Waals surface area contributed by atoms with E-state index in [1.165, 1.54) is 6.33 Å². The minimum Gasteiger partial charge on any atom is -0.379 e. The summed E-state index contributed by atoms with van der Waals surface area (Å²) in [6.07, 6.45) is 1.38. The molecule has 0 bridgehead atoms. The van der Waals surface area contributed by atoms with E-state index in [9.17, 15) is 4.79 Å². The van der Waals surface area contributed by atoms with E-state index in [2.05, 4.69) is 25.5 Å². The van der Waals surface area contributed by atoms with Gasteiger partial charge in [-0.15, -0.1) is 0 Å². The van der Waals surface area contributed by atoms with Gasteiger partial charge >= 0.3 is 0 Å². The van der Waals surface area contributed by atoms with E-state index in [1.54, 1.807) is 30.3 Å². The average Bonchev–Trinajstić information content (AvgIpc) is 2.65. The van der Waals surface area contributed by atoms with E-state index in [0.29, 0.717) is 22.2 Å². The summed E-state index contributed by atoms with van der Waals surface area (Å²) in [6.45, 7) is 5.10. The zero-order chi connectivity index (χ0) is 17.5. The molecule has 0 saturated carbocycles. The predicted molar refractivity (Wildman–Crippen MR) is 97.2 cm³/mol. The maximum absolute atomic E-state index is 12.3. The highest BCUT2D eigenvalue weighted by Crippen LogP contribution is 2.14. The topological polar surface area (TPSA) is 79.4 Å². The molecule has 3 rings (SSSR count). The van der Waals surface area contributed by atoms with Crippen molar-refractivity contribution in [2.24, 2.45) is 0 Å². The van der Waals surface area contributed by atoms with Crippen LogP contribution in [0.2, 0.25) is 5.02 Å². The predicted octanol–water partition coefficient (Wildman–Crippen LogP) is 2.13. The second kappa shape index (κ2) is 8.75. The molecule has 1 saturated heterocycles. The maximum Gasteiger partial charge on any atom is 0.274 e. The molecule has 1 fully saturated rings. The highest BCUT2D eigenvalue weighted by molar-refractivity contribution is 6.30. The summed E-state index contributed by atoms with van der Waals surface area (Å²) in [4.78, 5) is 22.8. The van der Waals surface area contributed by atoms with Crippen LogP contribution in [0.4, 0.5) is 11.5 Å². The molecule has 7 nitrogen and oxygen atoms in total. The summed E-state index contributed by atoms with van der Waals surface area (Å²) in [7, 11) is 0. The van der Waals surface area contributed by atoms with Crippen molar-refractivity contribution in [1.82, 2.24) is 14.9 Å². The number of nitrogens with zero attached hydrogens (tertiary/aromatic N) is 3. The summed E-state index contributed by atoms with van der Waals surface area (Å²) in [5.41, 5.74) is 0.966. The van der Waals surface area contributed by atoms with Gasteiger partial charge in [0.05, 0.1) is 13.2 Å². The lowest BCUT2D eigenvalue weighted by Gasteiger charge is -2.26. The first-order valence-electron chi connectivity index (χ1n) is 8.14. The third-order valence-corrected chi connectivity index (χ3v) is 4.09. The van der Waals surface area contributed by atoms with Crippen molar-refractivity contribution in [2.75, 3.05) is 50.0 Å². The lowest BCUT2D eigenvalue weighted by molar-refractivity contribution is 0.0398. The number of aromatic nitrogens is 2. The van der Waals surface area contributed by atoms with Crippen LogP contribution >= 0.6 is 11.6 Å². The van der Waals surface area contributed by atoms with Crippen LogP contribution in [0.5, 0.6) is 0 Å². The van der Waals surface area contributed by atoms with Gasteiger partial charge in [0.15, 0.2) is 0 Å². The average molecular weight is 362 g/mol. The number of carbonyl (C=O) groups excluding carboxylic acids is 1. The quantitative estimate of drug-likeness (QED) is 0.820. The van der Waals surface area contributed by atoms with E-state index in [0.717, 1.165) is 39.4 Å². The van der Waals surface area contributed by atoms with Crippen molar-refractivity contribution in [3.63, 3.8) is 0 Å². The Bertz CT molecular complexity index is 704. The molecule has 2 N–H and O–H groups in total. The monoisotopic (exact) mass is 361 g/mol. The fourth-order valence-electron chi connectivity index (χ4n) is 2.47. The minimum atomic E-state index is -0.291. The molecule has 2 aromatic rings. The number of hydrogen-bond donors (Lipinski definition) is 2. The van der Waals surface area contributed by atoms with Gasteiger partial charge in [-0.25, -0.2) is 9.97 Å². The summed E-state index contributed by atoms with van der Waals surface area (Å²) in [6, 6.07) is 8.56. The first-order valence-corrected chi connectivity index (χ1v) is 8.51. The second-order valence-electron chi connectivity index (χ2n) is 5.63. The van der Waals surface area contributed by atoms with Crippen LogP contribution < -0.4 is 10.6 Å². The van der Waals surface area contributed by atoms with E-state index in [1.807, 2.05) is 0 Å². The Balaban J connectivity index is 1.53. The molecule has 0 spiro atoms. The van der Waals surface area contributed by atoms with Crippen LogP contribution in [-0.4, -0.2) is 60.2 Å². The van der Waals surface area contributed by atoms with E-state index >= 15 is 0 Å². The molecule has 8 heteroatoms. The SMILES string of the molecule is O=C(Nc1ccc(Cl)cc1)c1cc(NCCN2CCOCC2)ncn1. The Morgan fingerprint density at radius 1 is 1.20 bits per heavy atom. The molecule has 1 aliphatic heterocycles. The molecule has 1 amide bonds. The Kier molecular flexibility index (Phi) is 6.16. The molecular formula is C17H20ClN5O2. The smallest absolute Gasteiger partial charge is 0.274 e. The zero-order valence-electron chi connectivity index (χ0n) is 13.7. The molecular weight excluding hydrogens is 342 g/mol. The fourth-order valence-corrected chi connectivity index (χ4v) is 2.60. The summed E-state index contributed by atoms with van der Waals surface area (Å²) in [5, 5.41) is 6.63. The van der Waals surface area contributed by atoms with E-state index < -0.39 is 0 Å². The lowest BCUT2D eigenvalue weighted by atomic mass is 10.3. The van der Waals surface area contributed by atoms with Crippen molar-refractivity contribution in [2.45, 2.75) is 0 Å². The van der Waals surface area contributed by atoms with Crippen LogP contribution in [0, 0.1) is 0 Å². The third-order valence-electron chi connectivity index (χ3n) is 3.84. The Morgan fingerprint density at radius 3 is 2.72 bits per heavy atom. The number of carbonyl (C=O) groups is 1. The largest absolute Gasteiger partial charge is 0.379 e. The highest BCUT2D eigenvalue weighted by atomic mass is 35.5. The van der Waals surface area contributed by atoms with Crippen LogP contribution in [0.3, 0.4) is 0 Å². The van der Waals surface area contributed by atoms with Crippen molar-refractivity contribution in [3.05, 3.63) is 47.4 Å². The zero-order valence-corrected chi connectivity index (χ0v) is 14.5. The lowest BCUT2D eigenvalue weighted by Crippen LogP contribution is -2.39. The van der Waals surface area contributed by atoms with E-state index in [4.69, 9.17) is 16.3 Å².